The van der Waals surface area contributed by atoms with Crippen molar-refractivity contribution in [1.82, 2.24) is 13.5 Å². The zero-order valence-corrected chi connectivity index (χ0v) is 14.3. The highest BCUT2D eigenvalue weighted by Crippen LogP contribution is 2.32. The van der Waals surface area contributed by atoms with E-state index in [2.05, 4.69) is 0 Å². The molecule has 2 unspecified atom stereocenters. The van der Waals surface area contributed by atoms with Crippen molar-refractivity contribution in [3.63, 3.8) is 0 Å². The van der Waals surface area contributed by atoms with Gasteiger partial charge in [0, 0.05) is 52.8 Å². The van der Waals surface area contributed by atoms with Gasteiger partial charge in [-0.05, 0) is 31.6 Å². The SMILES string of the molecule is CN(C)S(=O)(=O)N1CCC2C(CCC(=O)N2CCCCO)C1. The van der Waals surface area contributed by atoms with Gasteiger partial charge in [-0.15, -0.1) is 0 Å². The van der Waals surface area contributed by atoms with Crippen LogP contribution in [0.15, 0.2) is 0 Å². The van der Waals surface area contributed by atoms with Crippen molar-refractivity contribution in [2.75, 3.05) is 40.3 Å². The third kappa shape index (κ3) is 3.61. The number of rotatable bonds is 6. The Hall–Kier alpha value is -0.700. The van der Waals surface area contributed by atoms with Gasteiger partial charge in [0.25, 0.3) is 10.2 Å². The first kappa shape index (κ1) is 17.7. The Morgan fingerprint density at radius 1 is 1.27 bits per heavy atom. The minimum atomic E-state index is -3.37. The molecule has 2 heterocycles. The molecule has 128 valence electrons. The molecule has 0 radical (unpaired) electrons. The van der Waals surface area contributed by atoms with Crippen molar-refractivity contribution >= 4 is 16.1 Å². The van der Waals surface area contributed by atoms with Gasteiger partial charge in [-0.2, -0.15) is 17.0 Å². The summed E-state index contributed by atoms with van der Waals surface area (Å²) in [5.74, 6) is 0.387. The highest BCUT2D eigenvalue weighted by Gasteiger charge is 2.42. The Bertz CT molecular complexity index is 494. The quantitative estimate of drug-likeness (QED) is 0.687. The van der Waals surface area contributed by atoms with Gasteiger partial charge in [0.15, 0.2) is 0 Å². The Balaban J connectivity index is 2.03. The number of carbonyl (C=O) groups is 1. The van der Waals surface area contributed by atoms with E-state index < -0.39 is 10.2 Å². The van der Waals surface area contributed by atoms with E-state index in [1.54, 1.807) is 14.1 Å². The normalized spacial score (nSPS) is 27.3. The highest BCUT2D eigenvalue weighted by molar-refractivity contribution is 7.86. The van der Waals surface area contributed by atoms with Crippen molar-refractivity contribution in [3.8, 4) is 0 Å². The molecule has 0 aromatic carbocycles. The average Bonchev–Trinajstić information content (AvgIpc) is 2.49. The van der Waals surface area contributed by atoms with Crippen LogP contribution in [0.1, 0.15) is 32.1 Å². The topological polar surface area (TPSA) is 81.2 Å². The van der Waals surface area contributed by atoms with Crippen LogP contribution in [0.25, 0.3) is 0 Å². The minimum Gasteiger partial charge on any atom is -0.396 e. The maximum absolute atomic E-state index is 12.3. The van der Waals surface area contributed by atoms with Gasteiger partial charge in [-0.3, -0.25) is 4.79 Å². The number of amides is 1. The average molecular weight is 333 g/mol. The second kappa shape index (κ2) is 7.25. The Labute approximate surface area is 133 Å². The molecule has 2 aliphatic heterocycles. The molecule has 0 aromatic rings. The predicted octanol–water partition coefficient (Wildman–Crippen LogP) is -0.122. The van der Waals surface area contributed by atoms with E-state index in [-0.39, 0.29) is 24.5 Å². The summed E-state index contributed by atoms with van der Waals surface area (Å²) in [7, 11) is -0.275. The van der Waals surface area contributed by atoms with Crippen LogP contribution in [0.4, 0.5) is 0 Å². The molecule has 0 spiro atoms. The Morgan fingerprint density at radius 3 is 2.64 bits per heavy atom. The van der Waals surface area contributed by atoms with Crippen molar-refractivity contribution < 1.29 is 18.3 Å². The van der Waals surface area contributed by atoms with Crippen LogP contribution in [0.2, 0.25) is 0 Å². The lowest BCUT2D eigenvalue weighted by atomic mass is 9.84. The number of aliphatic hydroxyl groups is 1. The van der Waals surface area contributed by atoms with Crippen LogP contribution in [0.3, 0.4) is 0 Å². The van der Waals surface area contributed by atoms with Gasteiger partial charge in [-0.25, -0.2) is 0 Å². The van der Waals surface area contributed by atoms with Crippen LogP contribution in [-0.2, 0) is 15.0 Å². The number of hydrogen-bond donors (Lipinski definition) is 1. The van der Waals surface area contributed by atoms with Crippen molar-refractivity contribution in [1.29, 1.82) is 0 Å². The second-order valence-electron chi connectivity index (χ2n) is 6.32. The van der Waals surface area contributed by atoms with Crippen molar-refractivity contribution in [2.45, 2.75) is 38.1 Å². The molecule has 0 aliphatic carbocycles. The van der Waals surface area contributed by atoms with Crippen LogP contribution in [-0.4, -0.2) is 79.3 Å². The molecule has 22 heavy (non-hydrogen) atoms. The zero-order chi connectivity index (χ0) is 16.3. The van der Waals surface area contributed by atoms with Crippen molar-refractivity contribution in [2.24, 2.45) is 5.92 Å². The summed E-state index contributed by atoms with van der Waals surface area (Å²) in [5, 5.41) is 8.89. The first-order valence-corrected chi connectivity index (χ1v) is 9.35. The van der Waals surface area contributed by atoms with Crippen LogP contribution >= 0.6 is 0 Å². The van der Waals surface area contributed by atoms with Gasteiger partial charge < -0.3 is 10.0 Å². The molecule has 2 saturated heterocycles. The summed E-state index contributed by atoms with van der Waals surface area (Å²) in [6.07, 6.45) is 3.45. The fourth-order valence-electron chi connectivity index (χ4n) is 3.44. The third-order valence-electron chi connectivity index (χ3n) is 4.70. The molecular formula is C14H27N3O4S. The first-order chi connectivity index (χ1) is 10.4. The molecule has 1 N–H and O–H groups in total. The largest absolute Gasteiger partial charge is 0.396 e. The highest BCUT2D eigenvalue weighted by atomic mass is 32.2. The summed E-state index contributed by atoms with van der Waals surface area (Å²) < 4.78 is 27.3. The maximum Gasteiger partial charge on any atom is 0.281 e. The van der Waals surface area contributed by atoms with E-state index in [4.69, 9.17) is 5.11 Å². The molecule has 0 bridgehead atoms. The predicted molar refractivity (Wildman–Crippen MR) is 83.3 cm³/mol. The summed E-state index contributed by atoms with van der Waals surface area (Å²) in [6.45, 7) is 1.77. The summed E-state index contributed by atoms with van der Waals surface area (Å²) in [6, 6.07) is 0.147. The molecule has 8 heteroatoms. The number of carbonyl (C=O) groups excluding carboxylic acids is 1. The fourth-order valence-corrected chi connectivity index (χ4v) is 4.62. The van der Waals surface area contributed by atoms with Gasteiger partial charge in [0.1, 0.15) is 0 Å². The summed E-state index contributed by atoms with van der Waals surface area (Å²) >= 11 is 0. The lowest BCUT2D eigenvalue weighted by Gasteiger charge is -2.47. The summed E-state index contributed by atoms with van der Waals surface area (Å²) in [5.41, 5.74) is 0. The smallest absolute Gasteiger partial charge is 0.281 e. The molecular weight excluding hydrogens is 306 g/mol. The zero-order valence-electron chi connectivity index (χ0n) is 13.4. The lowest BCUT2D eigenvalue weighted by Crippen LogP contribution is -2.58. The summed E-state index contributed by atoms with van der Waals surface area (Å²) in [4.78, 5) is 14.1. The number of hydrogen-bond acceptors (Lipinski definition) is 4. The fraction of sp³-hybridized carbons (Fsp3) is 0.929. The number of nitrogens with zero attached hydrogens (tertiary/aromatic N) is 3. The van der Waals surface area contributed by atoms with Gasteiger partial charge in [0.2, 0.25) is 5.91 Å². The van der Waals surface area contributed by atoms with Crippen LogP contribution in [0.5, 0.6) is 0 Å². The van der Waals surface area contributed by atoms with E-state index in [1.807, 2.05) is 4.90 Å². The number of likely N-dealkylation sites (tertiary alicyclic amines) is 1. The van der Waals surface area contributed by atoms with E-state index >= 15 is 0 Å². The lowest BCUT2D eigenvalue weighted by molar-refractivity contribution is -0.140. The molecule has 2 atom stereocenters. The monoisotopic (exact) mass is 333 g/mol. The molecule has 7 nitrogen and oxygen atoms in total. The van der Waals surface area contributed by atoms with Gasteiger partial charge >= 0.3 is 0 Å². The van der Waals surface area contributed by atoms with Crippen LogP contribution in [0, 0.1) is 5.92 Å². The molecule has 1 amide bonds. The standard InChI is InChI=1S/C14H27N3O4S/c1-15(2)22(20,21)16-9-7-13-12(11-16)5-6-14(19)17(13)8-3-4-10-18/h12-13,18H,3-11H2,1-2H3. The number of piperidine rings is 2. The molecule has 2 fully saturated rings. The van der Waals surface area contributed by atoms with E-state index in [1.165, 1.54) is 8.61 Å². The molecule has 0 saturated carbocycles. The second-order valence-corrected chi connectivity index (χ2v) is 8.46. The number of fused-ring (bicyclic) bond motifs is 1. The van der Waals surface area contributed by atoms with E-state index in [0.29, 0.717) is 38.9 Å². The minimum absolute atomic E-state index is 0.144. The van der Waals surface area contributed by atoms with Gasteiger partial charge in [-0.1, -0.05) is 0 Å². The molecule has 0 aromatic heterocycles. The number of unbranched alkanes of at least 4 members (excludes halogenated alkanes) is 1. The molecule has 2 rings (SSSR count). The Kier molecular flexibility index (Phi) is 5.81. The van der Waals surface area contributed by atoms with E-state index in [0.717, 1.165) is 12.8 Å². The molecule has 2 aliphatic rings. The van der Waals surface area contributed by atoms with E-state index in [9.17, 15) is 13.2 Å². The van der Waals surface area contributed by atoms with Crippen LogP contribution < -0.4 is 0 Å². The first-order valence-electron chi connectivity index (χ1n) is 7.96. The maximum atomic E-state index is 12.3. The van der Waals surface area contributed by atoms with Crippen molar-refractivity contribution in [3.05, 3.63) is 0 Å². The Morgan fingerprint density at radius 2 is 2.00 bits per heavy atom. The van der Waals surface area contributed by atoms with Gasteiger partial charge in [0.05, 0.1) is 0 Å². The third-order valence-corrected chi connectivity index (χ3v) is 6.61. The number of aliphatic hydroxyl groups excluding tert-OH is 1.